The van der Waals surface area contributed by atoms with Gasteiger partial charge in [0.1, 0.15) is 0 Å². The maximum atomic E-state index is 11.9. The van der Waals surface area contributed by atoms with E-state index in [-0.39, 0.29) is 29.5 Å². The molecule has 0 bridgehead atoms. The minimum atomic E-state index is -0.564. The van der Waals surface area contributed by atoms with Gasteiger partial charge in [-0.05, 0) is 6.07 Å². The molecule has 0 saturated heterocycles. The number of aromatic amines is 1. The molecule has 8 heteroatoms. The van der Waals surface area contributed by atoms with E-state index in [2.05, 4.69) is 15.3 Å². The van der Waals surface area contributed by atoms with E-state index in [1.807, 2.05) is 0 Å². The number of imidazole rings is 1. The van der Waals surface area contributed by atoms with Crippen molar-refractivity contribution in [3.8, 4) is 5.75 Å². The van der Waals surface area contributed by atoms with E-state index >= 15 is 0 Å². The Balaban J connectivity index is 2.12. The summed E-state index contributed by atoms with van der Waals surface area (Å²) in [7, 11) is 1.31. The van der Waals surface area contributed by atoms with Crippen LogP contribution in [0.1, 0.15) is 16.1 Å². The molecule has 1 aromatic heterocycles. The van der Waals surface area contributed by atoms with Crippen molar-refractivity contribution in [2.45, 2.75) is 6.54 Å². The summed E-state index contributed by atoms with van der Waals surface area (Å²) in [6.45, 7) is 0.290. The van der Waals surface area contributed by atoms with Crippen LogP contribution in [0.2, 0.25) is 0 Å². The lowest BCUT2D eigenvalue weighted by Gasteiger charge is -2.06. The molecule has 20 heavy (non-hydrogen) atoms. The smallest absolute Gasteiger partial charge is 0.310 e. The summed E-state index contributed by atoms with van der Waals surface area (Å²) in [5.74, 6) is -0.308. The van der Waals surface area contributed by atoms with Gasteiger partial charge >= 0.3 is 5.69 Å². The number of hydrogen-bond acceptors (Lipinski definition) is 5. The highest BCUT2D eigenvalue weighted by Crippen LogP contribution is 2.27. The van der Waals surface area contributed by atoms with E-state index < -0.39 is 4.92 Å². The standard InChI is InChI=1S/C12H12N4O4/c1-20-11-4-8(2-3-10(11)16(18)19)12(17)14-6-9-5-13-7-15-9/h2-5,7H,6H2,1H3,(H,13,15)(H,14,17). The van der Waals surface area contributed by atoms with Crippen molar-refractivity contribution in [2.24, 2.45) is 0 Å². The molecule has 2 aromatic rings. The number of amides is 1. The van der Waals surface area contributed by atoms with E-state index in [1.54, 1.807) is 6.20 Å². The number of nitrogens with zero attached hydrogens (tertiary/aromatic N) is 2. The zero-order valence-electron chi connectivity index (χ0n) is 10.6. The van der Waals surface area contributed by atoms with Crippen LogP contribution < -0.4 is 10.1 Å². The fraction of sp³-hybridized carbons (Fsp3) is 0.167. The van der Waals surface area contributed by atoms with Crippen molar-refractivity contribution < 1.29 is 14.5 Å². The van der Waals surface area contributed by atoms with Crippen molar-refractivity contribution >= 4 is 11.6 Å². The van der Waals surface area contributed by atoms with Crippen molar-refractivity contribution in [1.82, 2.24) is 15.3 Å². The van der Waals surface area contributed by atoms with E-state index in [9.17, 15) is 14.9 Å². The number of carbonyl (C=O) groups is 1. The summed E-state index contributed by atoms with van der Waals surface area (Å²) in [6.07, 6.45) is 3.10. The fourth-order valence-corrected chi connectivity index (χ4v) is 1.63. The Bertz CT molecular complexity index is 624. The van der Waals surface area contributed by atoms with Gasteiger partial charge in [0.25, 0.3) is 5.91 Å². The van der Waals surface area contributed by atoms with Crippen molar-refractivity contribution in [3.63, 3.8) is 0 Å². The molecule has 0 aliphatic carbocycles. The third-order valence-corrected chi connectivity index (χ3v) is 2.63. The number of methoxy groups -OCH3 is 1. The van der Waals surface area contributed by atoms with Gasteiger partial charge in [0.05, 0.1) is 30.6 Å². The van der Waals surface area contributed by atoms with Crippen LogP contribution in [0, 0.1) is 10.1 Å². The summed E-state index contributed by atoms with van der Waals surface area (Å²) in [5.41, 5.74) is 0.858. The number of nitro groups is 1. The average molecular weight is 276 g/mol. The lowest BCUT2D eigenvalue weighted by molar-refractivity contribution is -0.385. The van der Waals surface area contributed by atoms with Crippen LogP contribution in [-0.2, 0) is 6.54 Å². The quantitative estimate of drug-likeness (QED) is 0.631. The van der Waals surface area contributed by atoms with E-state index in [0.717, 1.165) is 5.69 Å². The van der Waals surface area contributed by atoms with Crippen LogP contribution in [0.15, 0.2) is 30.7 Å². The molecule has 1 heterocycles. The van der Waals surface area contributed by atoms with Gasteiger partial charge in [0.2, 0.25) is 0 Å². The molecule has 104 valence electrons. The Morgan fingerprint density at radius 2 is 2.35 bits per heavy atom. The maximum absolute atomic E-state index is 11.9. The fourth-order valence-electron chi connectivity index (χ4n) is 1.63. The topological polar surface area (TPSA) is 110 Å². The van der Waals surface area contributed by atoms with Gasteiger partial charge in [-0.1, -0.05) is 0 Å². The minimum absolute atomic E-state index is 0.0455. The van der Waals surface area contributed by atoms with Crippen LogP contribution in [-0.4, -0.2) is 27.9 Å². The number of nitro benzene ring substituents is 1. The lowest BCUT2D eigenvalue weighted by Crippen LogP contribution is -2.23. The summed E-state index contributed by atoms with van der Waals surface area (Å²) in [6, 6.07) is 3.95. The zero-order valence-corrected chi connectivity index (χ0v) is 10.6. The number of aromatic nitrogens is 2. The molecule has 2 rings (SSSR count). The molecule has 2 N–H and O–H groups in total. The molecule has 0 saturated carbocycles. The molecular formula is C12H12N4O4. The zero-order chi connectivity index (χ0) is 14.5. The van der Waals surface area contributed by atoms with Gasteiger partial charge in [-0.2, -0.15) is 0 Å². The Hall–Kier alpha value is -2.90. The van der Waals surface area contributed by atoms with E-state index in [0.29, 0.717) is 0 Å². The van der Waals surface area contributed by atoms with Gasteiger partial charge in [0, 0.05) is 23.9 Å². The number of rotatable bonds is 5. The average Bonchev–Trinajstić information content (AvgIpc) is 2.97. The maximum Gasteiger partial charge on any atom is 0.310 e. The van der Waals surface area contributed by atoms with E-state index in [4.69, 9.17) is 4.74 Å². The summed E-state index contributed by atoms with van der Waals surface area (Å²) in [4.78, 5) is 28.8. The number of H-pyrrole nitrogens is 1. The van der Waals surface area contributed by atoms with Crippen LogP contribution in [0.25, 0.3) is 0 Å². The first kappa shape index (κ1) is 13.5. The number of hydrogen-bond donors (Lipinski definition) is 2. The molecule has 0 fully saturated rings. The molecule has 0 unspecified atom stereocenters. The Morgan fingerprint density at radius 3 is 2.95 bits per heavy atom. The Labute approximate surface area is 113 Å². The number of ether oxygens (including phenoxy) is 1. The second-order valence-corrected chi connectivity index (χ2v) is 3.90. The molecular weight excluding hydrogens is 264 g/mol. The molecule has 1 aromatic carbocycles. The number of carbonyl (C=O) groups excluding carboxylic acids is 1. The Morgan fingerprint density at radius 1 is 1.55 bits per heavy atom. The molecule has 0 radical (unpaired) electrons. The highest BCUT2D eigenvalue weighted by Gasteiger charge is 2.17. The van der Waals surface area contributed by atoms with Gasteiger partial charge in [0.15, 0.2) is 5.75 Å². The van der Waals surface area contributed by atoms with Gasteiger partial charge < -0.3 is 15.0 Å². The Kier molecular flexibility index (Phi) is 3.94. The lowest BCUT2D eigenvalue weighted by atomic mass is 10.1. The van der Waals surface area contributed by atoms with Crippen LogP contribution in [0.3, 0.4) is 0 Å². The van der Waals surface area contributed by atoms with Crippen LogP contribution in [0.4, 0.5) is 5.69 Å². The summed E-state index contributed by atoms with van der Waals surface area (Å²) >= 11 is 0. The number of benzene rings is 1. The van der Waals surface area contributed by atoms with E-state index in [1.165, 1.54) is 31.6 Å². The van der Waals surface area contributed by atoms with Crippen LogP contribution >= 0.6 is 0 Å². The predicted molar refractivity (Wildman–Crippen MR) is 69.4 cm³/mol. The van der Waals surface area contributed by atoms with Gasteiger partial charge in [-0.3, -0.25) is 14.9 Å². The van der Waals surface area contributed by atoms with Crippen molar-refractivity contribution in [3.05, 3.63) is 52.1 Å². The highest BCUT2D eigenvalue weighted by molar-refractivity contribution is 5.95. The SMILES string of the molecule is COc1cc(C(=O)NCc2cnc[nH]2)ccc1[N+](=O)[O-]. The monoisotopic (exact) mass is 276 g/mol. The first-order chi connectivity index (χ1) is 9.61. The highest BCUT2D eigenvalue weighted by atomic mass is 16.6. The molecule has 0 aliphatic heterocycles. The predicted octanol–water partition coefficient (Wildman–Crippen LogP) is 1.26. The molecule has 8 nitrogen and oxygen atoms in total. The normalized spacial score (nSPS) is 10.1. The molecule has 0 aliphatic rings. The van der Waals surface area contributed by atoms with Gasteiger partial charge in [-0.25, -0.2) is 4.98 Å². The van der Waals surface area contributed by atoms with Crippen molar-refractivity contribution in [2.75, 3.05) is 7.11 Å². The number of nitrogens with one attached hydrogen (secondary N) is 2. The second-order valence-electron chi connectivity index (χ2n) is 3.90. The largest absolute Gasteiger partial charge is 0.490 e. The second kappa shape index (κ2) is 5.83. The summed E-state index contributed by atoms with van der Waals surface area (Å²) in [5, 5.41) is 13.4. The third kappa shape index (κ3) is 2.91. The van der Waals surface area contributed by atoms with Gasteiger partial charge in [-0.15, -0.1) is 0 Å². The molecule has 1 amide bonds. The third-order valence-electron chi connectivity index (χ3n) is 2.63. The summed E-state index contributed by atoms with van der Waals surface area (Å²) < 4.78 is 4.91. The van der Waals surface area contributed by atoms with Crippen LogP contribution in [0.5, 0.6) is 5.75 Å². The van der Waals surface area contributed by atoms with Crippen molar-refractivity contribution in [1.29, 1.82) is 0 Å². The first-order valence-electron chi connectivity index (χ1n) is 5.69. The first-order valence-corrected chi connectivity index (χ1v) is 5.69. The minimum Gasteiger partial charge on any atom is -0.490 e. The molecule has 0 spiro atoms. The molecule has 0 atom stereocenters.